The van der Waals surface area contributed by atoms with Gasteiger partial charge in [-0.1, -0.05) is 31.4 Å². The Bertz CT molecular complexity index is 608. The van der Waals surface area contributed by atoms with Gasteiger partial charge in [-0.2, -0.15) is 0 Å². The van der Waals surface area contributed by atoms with Crippen LogP contribution in [0.15, 0.2) is 24.3 Å². The van der Waals surface area contributed by atoms with Crippen LogP contribution in [0.4, 0.5) is 0 Å². The van der Waals surface area contributed by atoms with Crippen LogP contribution in [-0.2, 0) is 20.5 Å². The molecule has 6 heteroatoms. The van der Waals surface area contributed by atoms with Crippen molar-refractivity contribution in [2.75, 3.05) is 13.3 Å². The molecule has 0 bridgehead atoms. The molecule has 1 saturated carbocycles. The van der Waals surface area contributed by atoms with E-state index < -0.39 is 18.7 Å². The molecule has 1 aromatic carbocycles. The monoisotopic (exact) mass is 399 g/mol. The van der Waals surface area contributed by atoms with Gasteiger partial charge in [0, 0.05) is 23.3 Å². The molecule has 0 amide bonds. The maximum Gasteiger partial charge on any atom is 0.229 e. The molecule has 1 aromatic rings. The number of rotatable bonds is 7. The largest absolute Gasteiger partial charge is 0.598 e. The fourth-order valence-corrected chi connectivity index (χ4v) is 5.71. The van der Waals surface area contributed by atoms with Gasteiger partial charge in [0.1, 0.15) is 4.75 Å². The van der Waals surface area contributed by atoms with Gasteiger partial charge in [-0.15, -0.1) is 4.72 Å². The third-order valence-corrected chi connectivity index (χ3v) is 8.58. The highest BCUT2D eigenvalue weighted by Gasteiger charge is 2.34. The Morgan fingerprint density at radius 3 is 2.31 bits per heavy atom. The molecular formula is C20H34NO3PS. The smallest absolute Gasteiger partial charge is 0.229 e. The number of hydrogen-bond donors (Lipinski definition) is 1. The van der Waals surface area contributed by atoms with E-state index in [2.05, 4.69) is 4.72 Å². The van der Waals surface area contributed by atoms with Crippen molar-refractivity contribution in [3.8, 4) is 0 Å². The van der Waals surface area contributed by atoms with Crippen LogP contribution in [0.2, 0.25) is 0 Å². The summed E-state index contributed by atoms with van der Waals surface area (Å²) >= 11 is -1.12. The summed E-state index contributed by atoms with van der Waals surface area (Å²) in [6.07, 6.45) is 6.07. The van der Waals surface area contributed by atoms with Crippen molar-refractivity contribution in [1.82, 2.24) is 4.72 Å². The minimum absolute atomic E-state index is 0.0627. The normalized spacial score (nSPS) is 21.2. The maximum atomic E-state index is 12.7. The Morgan fingerprint density at radius 1 is 1.23 bits per heavy atom. The summed E-state index contributed by atoms with van der Waals surface area (Å²) in [5, 5.41) is 0.738. The van der Waals surface area contributed by atoms with Crippen molar-refractivity contribution < 1.29 is 13.6 Å². The third-order valence-electron chi connectivity index (χ3n) is 5.01. The first-order valence-corrected chi connectivity index (χ1v) is 12.9. The summed E-state index contributed by atoms with van der Waals surface area (Å²) in [6.45, 7) is 9.93. The molecule has 2 unspecified atom stereocenters. The van der Waals surface area contributed by atoms with E-state index in [9.17, 15) is 9.12 Å². The topological polar surface area (TPSA) is 61.4 Å². The number of nitrogens with one attached hydrogen (secondary N) is 1. The van der Waals surface area contributed by atoms with E-state index in [0.29, 0.717) is 12.5 Å². The van der Waals surface area contributed by atoms with Crippen molar-refractivity contribution >= 4 is 24.0 Å². The van der Waals surface area contributed by atoms with Gasteiger partial charge in [0.2, 0.25) is 7.37 Å². The Labute approximate surface area is 162 Å². The van der Waals surface area contributed by atoms with Crippen LogP contribution >= 0.6 is 7.37 Å². The van der Waals surface area contributed by atoms with E-state index in [1.54, 1.807) is 6.66 Å². The Hall–Kier alpha value is -0.320. The molecule has 1 aliphatic carbocycles. The predicted molar refractivity (Wildman–Crippen MR) is 112 cm³/mol. The van der Waals surface area contributed by atoms with Crippen LogP contribution in [0.1, 0.15) is 71.4 Å². The van der Waals surface area contributed by atoms with Gasteiger partial charge >= 0.3 is 0 Å². The van der Waals surface area contributed by atoms with Crippen molar-refractivity contribution in [3.63, 3.8) is 0 Å². The van der Waals surface area contributed by atoms with Crippen LogP contribution in [0, 0.1) is 5.92 Å². The lowest BCUT2D eigenvalue weighted by Crippen LogP contribution is -2.43. The second-order valence-electron chi connectivity index (χ2n) is 8.23. The predicted octanol–water partition coefficient (Wildman–Crippen LogP) is 4.93. The van der Waals surface area contributed by atoms with Gasteiger partial charge in [-0.25, -0.2) is 0 Å². The Morgan fingerprint density at radius 2 is 1.81 bits per heavy atom. The molecule has 2 rings (SSSR count). The Kier molecular flexibility index (Phi) is 7.82. The highest BCUT2D eigenvalue weighted by Crippen LogP contribution is 2.42. The lowest BCUT2D eigenvalue weighted by atomic mass is 9.81. The van der Waals surface area contributed by atoms with E-state index in [1.807, 2.05) is 52.0 Å². The minimum atomic E-state index is -2.76. The lowest BCUT2D eigenvalue weighted by Gasteiger charge is -2.34. The third kappa shape index (κ3) is 5.84. The molecule has 1 fully saturated rings. The summed E-state index contributed by atoms with van der Waals surface area (Å²) in [5.41, 5.74) is 1.12. The molecule has 4 nitrogen and oxygen atoms in total. The average Bonchev–Trinajstić information content (AvgIpc) is 2.59. The van der Waals surface area contributed by atoms with Crippen LogP contribution in [0.5, 0.6) is 0 Å². The number of benzene rings is 1. The van der Waals surface area contributed by atoms with E-state index in [-0.39, 0.29) is 10.8 Å². The first-order chi connectivity index (χ1) is 12.1. The van der Waals surface area contributed by atoms with Crippen LogP contribution in [0.3, 0.4) is 0 Å². The molecule has 0 aromatic heterocycles. The highest BCUT2D eigenvalue weighted by molar-refractivity contribution is 7.90. The van der Waals surface area contributed by atoms with Crippen LogP contribution in [0.25, 0.3) is 0 Å². The van der Waals surface area contributed by atoms with Gasteiger partial charge in [-0.3, -0.25) is 4.57 Å². The minimum Gasteiger partial charge on any atom is -0.598 e. The zero-order valence-electron chi connectivity index (χ0n) is 16.8. The standard InChI is InChI=1S/C20H34NO3PS/c1-6-24-25(5,22)18-14-12-17(13-15-18)19(16-10-8-7-9-11-16)21-26(23)20(2,3)4/h12-16,19,21H,6-11H2,1-5H3/t19-,25?,26?/m1/s1. The van der Waals surface area contributed by atoms with E-state index in [0.717, 1.165) is 23.7 Å². The van der Waals surface area contributed by atoms with Crippen molar-refractivity contribution in [3.05, 3.63) is 29.8 Å². The van der Waals surface area contributed by atoms with E-state index in [4.69, 9.17) is 4.52 Å². The summed E-state index contributed by atoms with van der Waals surface area (Å²) < 4.78 is 33.9. The van der Waals surface area contributed by atoms with Crippen molar-refractivity contribution in [2.45, 2.75) is 70.6 Å². The molecule has 0 radical (unpaired) electrons. The molecule has 0 saturated heterocycles. The molecule has 0 aliphatic heterocycles. The first kappa shape index (κ1) is 22.0. The van der Waals surface area contributed by atoms with Crippen molar-refractivity contribution in [2.24, 2.45) is 5.92 Å². The zero-order chi connectivity index (χ0) is 19.4. The van der Waals surface area contributed by atoms with Gasteiger partial charge in [-0.05, 0) is 64.2 Å². The Balaban J connectivity index is 2.25. The van der Waals surface area contributed by atoms with Gasteiger partial charge < -0.3 is 9.08 Å². The van der Waals surface area contributed by atoms with Crippen LogP contribution in [-0.4, -0.2) is 22.6 Å². The van der Waals surface area contributed by atoms with Crippen molar-refractivity contribution in [1.29, 1.82) is 0 Å². The fraction of sp³-hybridized carbons (Fsp3) is 0.700. The fourth-order valence-electron chi connectivity index (χ4n) is 3.47. The van der Waals surface area contributed by atoms with Gasteiger partial charge in [0.25, 0.3) is 0 Å². The SMILES string of the molecule is CCOP(C)(=O)c1ccc([C@H](N[S+]([O-])C(C)(C)C)C2CCCCC2)cc1. The molecular weight excluding hydrogens is 365 g/mol. The average molecular weight is 400 g/mol. The quantitative estimate of drug-likeness (QED) is 0.522. The second kappa shape index (κ2) is 9.25. The highest BCUT2D eigenvalue weighted by atomic mass is 32.2. The maximum absolute atomic E-state index is 12.7. The first-order valence-electron chi connectivity index (χ1n) is 9.66. The molecule has 26 heavy (non-hydrogen) atoms. The van der Waals surface area contributed by atoms with Gasteiger partial charge in [0.15, 0.2) is 0 Å². The number of hydrogen-bond acceptors (Lipinski definition) is 4. The second-order valence-corrected chi connectivity index (χ2v) is 12.7. The summed E-state index contributed by atoms with van der Waals surface area (Å²) in [6, 6.07) is 7.92. The molecule has 148 valence electrons. The molecule has 1 N–H and O–H groups in total. The van der Waals surface area contributed by atoms with E-state index in [1.165, 1.54) is 19.3 Å². The summed E-state index contributed by atoms with van der Waals surface area (Å²) in [7, 11) is -2.76. The molecule has 0 spiro atoms. The molecule has 0 heterocycles. The molecule has 1 aliphatic rings. The summed E-state index contributed by atoms with van der Waals surface area (Å²) in [5.74, 6) is 0.487. The summed E-state index contributed by atoms with van der Waals surface area (Å²) in [4.78, 5) is 0. The lowest BCUT2D eigenvalue weighted by molar-refractivity contribution is 0.292. The van der Waals surface area contributed by atoms with E-state index >= 15 is 0 Å². The molecule has 3 atom stereocenters. The zero-order valence-corrected chi connectivity index (χ0v) is 18.5. The van der Waals surface area contributed by atoms with Crippen LogP contribution < -0.4 is 10.0 Å². The van der Waals surface area contributed by atoms with Gasteiger partial charge in [0.05, 0.1) is 12.6 Å².